The molecule has 30 heavy (non-hydrogen) atoms. The molecule has 0 bridgehead atoms. The summed E-state index contributed by atoms with van der Waals surface area (Å²) in [5, 5.41) is 6.43. The molecule has 0 unspecified atom stereocenters. The first-order valence-corrected chi connectivity index (χ1v) is 8.88. The van der Waals surface area contributed by atoms with E-state index in [1.165, 1.54) is 25.1 Å². The number of nitrogens with zero attached hydrogens (tertiary/aromatic N) is 2. The second-order valence-corrected chi connectivity index (χ2v) is 6.72. The number of hydrogen-bond donors (Lipinski definition) is 1. The van der Waals surface area contributed by atoms with E-state index in [-0.39, 0.29) is 17.9 Å². The molecule has 3 aromatic rings. The molecule has 3 rings (SSSR count). The van der Waals surface area contributed by atoms with E-state index in [2.05, 4.69) is 10.4 Å². The molecule has 5 nitrogen and oxygen atoms in total. The van der Waals surface area contributed by atoms with E-state index >= 15 is 0 Å². The van der Waals surface area contributed by atoms with Crippen LogP contribution < -0.4 is 10.7 Å². The fourth-order valence-electron chi connectivity index (χ4n) is 2.79. The molecule has 0 saturated heterocycles. The van der Waals surface area contributed by atoms with Gasteiger partial charge in [0.25, 0.3) is 5.91 Å². The molecule has 1 N–H and O–H groups in total. The number of alkyl halides is 3. The Morgan fingerprint density at radius 3 is 2.50 bits per heavy atom. The van der Waals surface area contributed by atoms with E-state index in [4.69, 9.17) is 0 Å². The zero-order chi connectivity index (χ0) is 22.1. The summed E-state index contributed by atoms with van der Waals surface area (Å²) in [6, 6.07) is 9.95. The van der Waals surface area contributed by atoms with Crippen molar-refractivity contribution in [2.75, 3.05) is 0 Å². The third-order valence-corrected chi connectivity index (χ3v) is 4.43. The molecule has 0 saturated carbocycles. The molecule has 0 aliphatic carbocycles. The number of halogens is 4. The third-order valence-electron chi connectivity index (χ3n) is 4.43. The molecule has 0 aliphatic heterocycles. The van der Waals surface area contributed by atoms with Crippen LogP contribution in [-0.2, 0) is 12.7 Å². The summed E-state index contributed by atoms with van der Waals surface area (Å²) in [5.41, 5.74) is -0.791. The maximum atomic E-state index is 13.6. The lowest BCUT2D eigenvalue weighted by Gasteiger charge is -2.13. The molecule has 1 heterocycles. The first-order chi connectivity index (χ1) is 14.1. The molecule has 9 heteroatoms. The van der Waals surface area contributed by atoms with Gasteiger partial charge >= 0.3 is 6.18 Å². The lowest BCUT2D eigenvalue weighted by atomic mass is 10.1. The summed E-state index contributed by atoms with van der Waals surface area (Å²) in [6.07, 6.45) is -4.55. The van der Waals surface area contributed by atoms with Gasteiger partial charge in [-0.1, -0.05) is 18.2 Å². The molecule has 1 amide bonds. The van der Waals surface area contributed by atoms with Crippen LogP contribution in [0.2, 0.25) is 0 Å². The molecule has 0 aliphatic rings. The number of hydrogen-bond acceptors (Lipinski definition) is 3. The minimum absolute atomic E-state index is 0.0470. The van der Waals surface area contributed by atoms with Gasteiger partial charge in [-0.05, 0) is 49.2 Å². The fraction of sp³-hybridized carbons (Fsp3) is 0.190. The topological polar surface area (TPSA) is 64.0 Å². The number of rotatable bonds is 4. The Kier molecular flexibility index (Phi) is 5.73. The average Bonchev–Trinajstić information content (AvgIpc) is 2.68. The van der Waals surface area contributed by atoms with Gasteiger partial charge < -0.3 is 5.32 Å². The summed E-state index contributed by atoms with van der Waals surface area (Å²) in [5.74, 6) is -1.25. The van der Waals surface area contributed by atoms with Gasteiger partial charge in [0.1, 0.15) is 5.82 Å². The van der Waals surface area contributed by atoms with Gasteiger partial charge in [-0.3, -0.25) is 9.59 Å². The van der Waals surface area contributed by atoms with Gasteiger partial charge in [-0.15, -0.1) is 0 Å². The highest BCUT2D eigenvalue weighted by Gasteiger charge is 2.30. The second kappa shape index (κ2) is 8.10. The van der Waals surface area contributed by atoms with Crippen molar-refractivity contribution >= 4 is 5.91 Å². The van der Waals surface area contributed by atoms with Crippen molar-refractivity contribution in [1.29, 1.82) is 0 Å². The van der Waals surface area contributed by atoms with Crippen molar-refractivity contribution in [2.45, 2.75) is 26.6 Å². The van der Waals surface area contributed by atoms with E-state index in [0.717, 1.165) is 22.9 Å². The van der Waals surface area contributed by atoms with Crippen molar-refractivity contribution in [2.24, 2.45) is 0 Å². The highest BCUT2D eigenvalue weighted by molar-refractivity contribution is 5.92. The molecule has 156 valence electrons. The predicted molar refractivity (Wildman–Crippen MR) is 102 cm³/mol. The standard InChI is InChI=1S/C21H17F4N3O2/c1-12-6-7-14(9-17(12)22)11-26-20(30)19-18(29)8-13(2)28(27-19)16-5-3-4-15(10-16)21(23,24)25/h3-10H,11H2,1-2H3,(H,26,30). The number of benzene rings is 2. The number of carbonyl (C=O) groups excluding carboxylic acids is 1. The van der Waals surface area contributed by atoms with E-state index in [1.807, 2.05) is 0 Å². The monoisotopic (exact) mass is 419 g/mol. The van der Waals surface area contributed by atoms with Crippen LogP contribution in [0.15, 0.2) is 53.3 Å². The Hall–Kier alpha value is -3.49. The molecular formula is C21H17F4N3O2. The molecule has 0 radical (unpaired) electrons. The minimum Gasteiger partial charge on any atom is -0.346 e. The van der Waals surface area contributed by atoms with Crippen LogP contribution >= 0.6 is 0 Å². The molecule has 0 atom stereocenters. The molecule has 0 spiro atoms. The van der Waals surface area contributed by atoms with Crippen LogP contribution in [0.25, 0.3) is 5.69 Å². The normalized spacial score (nSPS) is 11.4. The molecule has 2 aromatic carbocycles. The van der Waals surface area contributed by atoms with Crippen LogP contribution in [0.3, 0.4) is 0 Å². The summed E-state index contributed by atoms with van der Waals surface area (Å²) in [4.78, 5) is 24.7. The van der Waals surface area contributed by atoms with Crippen molar-refractivity contribution in [1.82, 2.24) is 15.1 Å². The zero-order valence-electron chi connectivity index (χ0n) is 16.0. The first kappa shape index (κ1) is 21.2. The second-order valence-electron chi connectivity index (χ2n) is 6.72. The largest absolute Gasteiger partial charge is 0.416 e. The Bertz CT molecular complexity index is 1170. The highest BCUT2D eigenvalue weighted by Crippen LogP contribution is 2.30. The highest BCUT2D eigenvalue weighted by atomic mass is 19.4. The average molecular weight is 419 g/mol. The summed E-state index contributed by atoms with van der Waals surface area (Å²) in [6.45, 7) is 3.05. The van der Waals surface area contributed by atoms with Gasteiger partial charge in [0.15, 0.2) is 5.69 Å². The van der Waals surface area contributed by atoms with Gasteiger partial charge in [0, 0.05) is 18.3 Å². The first-order valence-electron chi connectivity index (χ1n) is 8.88. The lowest BCUT2D eigenvalue weighted by molar-refractivity contribution is -0.137. The van der Waals surface area contributed by atoms with Crippen LogP contribution in [0.5, 0.6) is 0 Å². The van der Waals surface area contributed by atoms with Gasteiger partial charge in [0.2, 0.25) is 5.43 Å². The molecule has 1 aromatic heterocycles. The Morgan fingerprint density at radius 2 is 1.83 bits per heavy atom. The van der Waals surface area contributed by atoms with Crippen molar-refractivity contribution in [3.63, 3.8) is 0 Å². The van der Waals surface area contributed by atoms with Crippen LogP contribution in [0, 0.1) is 19.7 Å². The smallest absolute Gasteiger partial charge is 0.346 e. The molecular weight excluding hydrogens is 402 g/mol. The number of amides is 1. The number of aromatic nitrogens is 2. The van der Waals surface area contributed by atoms with Crippen LogP contribution in [0.4, 0.5) is 17.6 Å². The van der Waals surface area contributed by atoms with E-state index in [9.17, 15) is 27.2 Å². The zero-order valence-corrected chi connectivity index (χ0v) is 16.0. The van der Waals surface area contributed by atoms with Crippen LogP contribution in [0.1, 0.15) is 32.9 Å². The van der Waals surface area contributed by atoms with Crippen molar-refractivity contribution in [3.8, 4) is 5.69 Å². The maximum absolute atomic E-state index is 13.6. The SMILES string of the molecule is Cc1ccc(CNC(=O)c2nn(-c3cccc(C(F)(F)F)c3)c(C)cc2=O)cc1F. The number of nitrogens with one attached hydrogen (secondary N) is 1. The quantitative estimate of drug-likeness (QED) is 0.652. The molecule has 0 fully saturated rings. The Labute approximate surface area is 169 Å². The van der Waals surface area contributed by atoms with E-state index < -0.39 is 34.6 Å². The van der Waals surface area contributed by atoms with Crippen molar-refractivity contribution in [3.05, 3.63) is 92.6 Å². The summed E-state index contributed by atoms with van der Waals surface area (Å²) < 4.78 is 53.7. The van der Waals surface area contributed by atoms with Gasteiger partial charge in [-0.25, -0.2) is 9.07 Å². The number of carbonyl (C=O) groups is 1. The Morgan fingerprint density at radius 1 is 1.10 bits per heavy atom. The van der Waals surface area contributed by atoms with Crippen molar-refractivity contribution < 1.29 is 22.4 Å². The maximum Gasteiger partial charge on any atom is 0.416 e. The summed E-state index contributed by atoms with van der Waals surface area (Å²) in [7, 11) is 0. The van der Waals surface area contributed by atoms with Gasteiger partial charge in [-0.2, -0.15) is 18.3 Å². The third kappa shape index (κ3) is 4.56. The predicted octanol–water partition coefficient (Wildman–Crippen LogP) is 3.94. The minimum atomic E-state index is -4.55. The summed E-state index contributed by atoms with van der Waals surface area (Å²) >= 11 is 0. The fourth-order valence-corrected chi connectivity index (χ4v) is 2.79. The van der Waals surface area contributed by atoms with Gasteiger partial charge in [0.05, 0.1) is 11.3 Å². The number of aryl methyl sites for hydroxylation is 2. The Balaban J connectivity index is 1.90. The van der Waals surface area contributed by atoms with E-state index in [1.54, 1.807) is 19.1 Å². The van der Waals surface area contributed by atoms with E-state index in [0.29, 0.717) is 11.1 Å². The van der Waals surface area contributed by atoms with Crippen LogP contribution in [-0.4, -0.2) is 15.7 Å². The lowest BCUT2D eigenvalue weighted by Crippen LogP contribution is -2.31.